The second-order valence-corrected chi connectivity index (χ2v) is 10.4. The van der Waals surface area contributed by atoms with E-state index in [9.17, 15) is 13.2 Å². The Morgan fingerprint density at radius 2 is 1.90 bits per heavy atom. The predicted octanol–water partition coefficient (Wildman–Crippen LogP) is 4.15. The molecule has 0 radical (unpaired) electrons. The molecule has 0 unspecified atom stereocenters. The Balaban J connectivity index is 1.61. The first-order valence-electron chi connectivity index (χ1n) is 9.98. The fourth-order valence-corrected chi connectivity index (χ4v) is 6.18. The molecule has 1 amide bonds. The van der Waals surface area contributed by atoms with E-state index in [1.54, 1.807) is 36.4 Å². The van der Waals surface area contributed by atoms with Crippen molar-refractivity contribution in [1.29, 1.82) is 0 Å². The van der Waals surface area contributed by atoms with E-state index in [1.807, 2.05) is 6.92 Å². The van der Waals surface area contributed by atoms with Crippen LogP contribution in [0.4, 0.5) is 5.69 Å². The quantitative estimate of drug-likeness (QED) is 0.745. The van der Waals surface area contributed by atoms with E-state index in [4.69, 9.17) is 11.6 Å². The highest BCUT2D eigenvalue weighted by atomic mass is 35.5. The van der Waals surface area contributed by atoms with Gasteiger partial charge >= 0.3 is 0 Å². The van der Waals surface area contributed by atoms with E-state index >= 15 is 0 Å². The Morgan fingerprint density at radius 3 is 2.52 bits per heavy atom. The van der Waals surface area contributed by atoms with Crippen molar-refractivity contribution < 1.29 is 13.2 Å². The van der Waals surface area contributed by atoms with Gasteiger partial charge in [-0.15, -0.1) is 0 Å². The third-order valence-corrected chi connectivity index (χ3v) is 8.34. The second kappa shape index (κ2) is 8.00. The van der Waals surface area contributed by atoms with Crippen LogP contribution >= 0.6 is 11.6 Å². The van der Waals surface area contributed by atoms with Gasteiger partial charge in [0.05, 0.1) is 10.6 Å². The molecule has 1 N–H and O–H groups in total. The van der Waals surface area contributed by atoms with Crippen molar-refractivity contribution >= 4 is 33.2 Å². The van der Waals surface area contributed by atoms with Gasteiger partial charge in [0.25, 0.3) is 10.0 Å². The van der Waals surface area contributed by atoms with Crippen molar-refractivity contribution in [3.05, 3.63) is 59.1 Å². The number of carbonyl (C=O) groups excluding carboxylic acids is 1. The summed E-state index contributed by atoms with van der Waals surface area (Å²) in [4.78, 5) is 13.0. The van der Waals surface area contributed by atoms with E-state index in [-0.39, 0.29) is 23.4 Å². The van der Waals surface area contributed by atoms with Crippen LogP contribution in [-0.4, -0.2) is 26.9 Å². The number of anilines is 1. The largest absolute Gasteiger partial charge is 0.352 e. The number of fused-ring (bicyclic) bond motifs is 2. The highest BCUT2D eigenvalue weighted by molar-refractivity contribution is 7.92. The molecule has 0 spiro atoms. The molecule has 3 atom stereocenters. The van der Waals surface area contributed by atoms with Crippen molar-refractivity contribution in [1.82, 2.24) is 5.32 Å². The molecule has 2 saturated carbocycles. The Bertz CT molecular complexity index is 1010. The van der Waals surface area contributed by atoms with Gasteiger partial charge in [-0.3, -0.25) is 9.10 Å². The summed E-state index contributed by atoms with van der Waals surface area (Å²) in [5.41, 5.74) is 1.23. The zero-order chi connectivity index (χ0) is 20.6. The minimum atomic E-state index is -3.91. The summed E-state index contributed by atoms with van der Waals surface area (Å²) < 4.78 is 27.8. The molecule has 154 valence electrons. The van der Waals surface area contributed by atoms with Crippen molar-refractivity contribution in [2.24, 2.45) is 11.8 Å². The number of nitrogens with one attached hydrogen (secondary N) is 1. The van der Waals surface area contributed by atoms with Gasteiger partial charge in [-0.25, -0.2) is 8.42 Å². The van der Waals surface area contributed by atoms with E-state index < -0.39 is 10.0 Å². The van der Waals surface area contributed by atoms with Crippen LogP contribution in [0, 0.1) is 18.8 Å². The summed E-state index contributed by atoms with van der Waals surface area (Å²) in [6.07, 6.45) is 4.56. The maximum atomic E-state index is 13.3. The van der Waals surface area contributed by atoms with Crippen LogP contribution in [0.3, 0.4) is 0 Å². The van der Waals surface area contributed by atoms with Gasteiger partial charge in [0.1, 0.15) is 6.54 Å². The van der Waals surface area contributed by atoms with Crippen LogP contribution in [0.15, 0.2) is 53.4 Å². The van der Waals surface area contributed by atoms with E-state index in [0.717, 1.165) is 22.7 Å². The van der Waals surface area contributed by atoms with Crippen LogP contribution in [-0.2, 0) is 14.8 Å². The number of amides is 1. The van der Waals surface area contributed by atoms with Crippen LogP contribution in [0.25, 0.3) is 0 Å². The molecular weight excluding hydrogens is 408 g/mol. The topological polar surface area (TPSA) is 66.5 Å². The first-order chi connectivity index (χ1) is 13.8. The molecule has 2 aliphatic carbocycles. The zero-order valence-corrected chi connectivity index (χ0v) is 17.9. The molecule has 2 aliphatic rings. The van der Waals surface area contributed by atoms with E-state index in [2.05, 4.69) is 5.32 Å². The Kier molecular flexibility index (Phi) is 5.58. The molecule has 0 saturated heterocycles. The lowest BCUT2D eigenvalue weighted by atomic mass is 9.95. The van der Waals surface area contributed by atoms with Crippen LogP contribution in [0.2, 0.25) is 5.02 Å². The molecule has 0 aromatic heterocycles. The van der Waals surface area contributed by atoms with Crippen molar-refractivity contribution in [2.75, 3.05) is 10.8 Å². The van der Waals surface area contributed by atoms with Crippen LogP contribution < -0.4 is 9.62 Å². The number of hydrogen-bond acceptors (Lipinski definition) is 3. The van der Waals surface area contributed by atoms with Crippen molar-refractivity contribution in [3.63, 3.8) is 0 Å². The summed E-state index contributed by atoms with van der Waals surface area (Å²) in [6, 6.07) is 13.4. The molecule has 2 bridgehead atoms. The first-order valence-corrected chi connectivity index (χ1v) is 11.8. The summed E-state index contributed by atoms with van der Waals surface area (Å²) in [5, 5.41) is 3.54. The highest BCUT2D eigenvalue weighted by Crippen LogP contribution is 2.44. The minimum absolute atomic E-state index is 0.143. The summed E-state index contributed by atoms with van der Waals surface area (Å²) in [5.74, 6) is 0.945. The molecule has 2 fully saturated rings. The monoisotopic (exact) mass is 432 g/mol. The van der Waals surface area contributed by atoms with E-state index in [0.29, 0.717) is 22.5 Å². The maximum absolute atomic E-state index is 13.3. The molecule has 0 aliphatic heterocycles. The Morgan fingerprint density at radius 1 is 1.14 bits per heavy atom. The van der Waals surface area contributed by atoms with Crippen LogP contribution in [0.5, 0.6) is 0 Å². The van der Waals surface area contributed by atoms with Gasteiger partial charge < -0.3 is 5.32 Å². The maximum Gasteiger partial charge on any atom is 0.264 e. The SMILES string of the molecule is Cc1ccc(N(CC(=O)N[C@H]2C[C@@H]3CC[C@H]2C3)S(=O)(=O)c2ccccc2)cc1Cl. The molecular formula is C22H25ClN2O3S. The van der Waals surface area contributed by atoms with Gasteiger partial charge in [0, 0.05) is 11.1 Å². The smallest absolute Gasteiger partial charge is 0.264 e. The highest BCUT2D eigenvalue weighted by Gasteiger charge is 2.40. The summed E-state index contributed by atoms with van der Waals surface area (Å²) in [6.45, 7) is 1.58. The molecule has 5 nitrogen and oxygen atoms in total. The average molecular weight is 433 g/mol. The van der Waals surface area contributed by atoms with Gasteiger partial charge in [0.2, 0.25) is 5.91 Å². The van der Waals surface area contributed by atoms with Gasteiger partial charge in [-0.2, -0.15) is 0 Å². The van der Waals surface area contributed by atoms with Crippen molar-refractivity contribution in [2.45, 2.75) is 43.5 Å². The van der Waals surface area contributed by atoms with Gasteiger partial charge in [-0.1, -0.05) is 42.3 Å². The standard InChI is InChI=1S/C22H25ClN2O3S/c1-15-7-10-18(13-20(15)23)25(29(27,28)19-5-3-2-4-6-19)14-22(26)24-21-12-16-8-9-17(21)11-16/h2-7,10,13,16-17,21H,8-9,11-12,14H2,1H3,(H,24,26)/t16-,17+,21+/m1/s1. The molecule has 0 heterocycles. The third-order valence-electron chi connectivity index (χ3n) is 6.15. The second-order valence-electron chi connectivity index (χ2n) is 8.11. The lowest BCUT2D eigenvalue weighted by Crippen LogP contribution is -2.46. The lowest BCUT2D eigenvalue weighted by molar-refractivity contribution is -0.120. The lowest BCUT2D eigenvalue weighted by Gasteiger charge is -2.27. The number of nitrogens with zero attached hydrogens (tertiary/aromatic N) is 1. The Hall–Kier alpha value is -2.05. The summed E-state index contributed by atoms with van der Waals surface area (Å²) in [7, 11) is -3.91. The fourth-order valence-electron chi connectivity index (χ4n) is 4.58. The fraction of sp³-hybridized carbons (Fsp3) is 0.409. The number of hydrogen-bond donors (Lipinski definition) is 1. The number of aryl methyl sites for hydroxylation is 1. The first kappa shape index (κ1) is 20.2. The number of benzene rings is 2. The van der Waals surface area contributed by atoms with Crippen LogP contribution in [0.1, 0.15) is 31.2 Å². The van der Waals surface area contributed by atoms with E-state index in [1.165, 1.54) is 25.0 Å². The Labute approximate surface area is 177 Å². The molecule has 2 aromatic rings. The van der Waals surface area contributed by atoms with Crippen molar-refractivity contribution in [3.8, 4) is 0 Å². The normalized spacial score (nSPS) is 23.2. The number of rotatable bonds is 6. The zero-order valence-electron chi connectivity index (χ0n) is 16.3. The minimum Gasteiger partial charge on any atom is -0.352 e. The third kappa shape index (κ3) is 4.14. The predicted molar refractivity (Wildman–Crippen MR) is 115 cm³/mol. The average Bonchev–Trinajstić information content (AvgIpc) is 3.32. The van der Waals surface area contributed by atoms with Gasteiger partial charge in [-0.05, 0) is 67.9 Å². The number of sulfonamides is 1. The number of carbonyl (C=O) groups is 1. The molecule has 2 aromatic carbocycles. The molecule has 7 heteroatoms. The molecule has 4 rings (SSSR count). The van der Waals surface area contributed by atoms with Gasteiger partial charge in [0.15, 0.2) is 0 Å². The molecule has 29 heavy (non-hydrogen) atoms. The number of halogens is 1. The summed E-state index contributed by atoms with van der Waals surface area (Å²) >= 11 is 6.25.